The third-order valence-electron chi connectivity index (χ3n) is 6.28. The van der Waals surface area contributed by atoms with E-state index in [1.807, 2.05) is 86.2 Å². The Balaban J connectivity index is 1.41. The van der Waals surface area contributed by atoms with Gasteiger partial charge in [-0.15, -0.1) is 0 Å². The Hall–Kier alpha value is -4.40. The number of aromatic nitrogens is 4. The number of fused-ring (bicyclic) bond motifs is 1. The summed E-state index contributed by atoms with van der Waals surface area (Å²) in [5.41, 5.74) is 4.59. The summed E-state index contributed by atoms with van der Waals surface area (Å²) in [6.45, 7) is 8.10. The molecule has 1 atom stereocenters. The number of nitrogens with zero attached hydrogens (tertiary/aromatic N) is 6. The summed E-state index contributed by atoms with van der Waals surface area (Å²) >= 11 is 0. The predicted octanol–water partition coefficient (Wildman–Crippen LogP) is 5.04. The molecule has 184 valence electrons. The van der Waals surface area contributed by atoms with E-state index in [4.69, 9.17) is 0 Å². The van der Waals surface area contributed by atoms with Gasteiger partial charge in [0.1, 0.15) is 17.7 Å². The molecule has 1 aliphatic heterocycles. The minimum Gasteiger partial charge on any atom is -0.356 e. The van der Waals surface area contributed by atoms with E-state index < -0.39 is 0 Å². The lowest BCUT2D eigenvalue weighted by molar-refractivity contribution is -0.119. The SMILES string of the molecule is Cc1cc(Nc2ccnc(Nc3ccc4c(c3)N(C(C)C)[C@H](C)C(=O)N4C)n2)n(-c2ccccc2)n1. The first-order valence-corrected chi connectivity index (χ1v) is 12.0. The van der Waals surface area contributed by atoms with Gasteiger partial charge in [-0.2, -0.15) is 10.1 Å². The van der Waals surface area contributed by atoms with Crippen LogP contribution in [-0.2, 0) is 4.79 Å². The van der Waals surface area contributed by atoms with Crippen molar-refractivity contribution in [1.29, 1.82) is 0 Å². The molecule has 9 nitrogen and oxygen atoms in total. The highest BCUT2D eigenvalue weighted by atomic mass is 16.2. The average molecular weight is 483 g/mol. The minimum absolute atomic E-state index is 0.0870. The second kappa shape index (κ2) is 9.33. The molecule has 0 aliphatic carbocycles. The molecule has 2 aromatic carbocycles. The lowest BCUT2D eigenvalue weighted by Gasteiger charge is -2.42. The van der Waals surface area contributed by atoms with Crippen LogP contribution >= 0.6 is 0 Å². The lowest BCUT2D eigenvalue weighted by Crippen LogP contribution is -2.53. The maximum absolute atomic E-state index is 12.7. The minimum atomic E-state index is -0.237. The topological polar surface area (TPSA) is 91.2 Å². The molecule has 1 amide bonds. The number of nitrogens with one attached hydrogen (secondary N) is 2. The van der Waals surface area contributed by atoms with Crippen molar-refractivity contribution in [2.75, 3.05) is 27.5 Å². The van der Waals surface area contributed by atoms with Crippen LogP contribution in [0.15, 0.2) is 66.9 Å². The van der Waals surface area contributed by atoms with Crippen LogP contribution in [0.25, 0.3) is 5.69 Å². The normalized spacial score (nSPS) is 15.3. The Morgan fingerprint density at radius 1 is 0.972 bits per heavy atom. The summed E-state index contributed by atoms with van der Waals surface area (Å²) in [5, 5.41) is 11.3. The fraction of sp³-hybridized carbons (Fsp3) is 0.259. The van der Waals surface area contributed by atoms with Crippen molar-refractivity contribution in [3.63, 3.8) is 0 Å². The Bertz CT molecular complexity index is 1400. The van der Waals surface area contributed by atoms with Gasteiger partial charge in [0, 0.05) is 31.0 Å². The van der Waals surface area contributed by atoms with E-state index in [0.29, 0.717) is 11.8 Å². The summed E-state index contributed by atoms with van der Waals surface area (Å²) in [6.07, 6.45) is 1.71. The molecule has 5 rings (SSSR count). The van der Waals surface area contributed by atoms with Crippen LogP contribution in [0.5, 0.6) is 0 Å². The number of para-hydroxylation sites is 1. The number of likely N-dealkylation sites (N-methyl/N-ethyl adjacent to an activating group) is 1. The van der Waals surface area contributed by atoms with Gasteiger partial charge in [-0.25, -0.2) is 9.67 Å². The summed E-state index contributed by atoms with van der Waals surface area (Å²) < 4.78 is 1.85. The second-order valence-corrected chi connectivity index (χ2v) is 9.21. The maximum Gasteiger partial charge on any atom is 0.249 e. The highest BCUT2D eigenvalue weighted by Gasteiger charge is 2.34. The first-order valence-electron chi connectivity index (χ1n) is 12.0. The van der Waals surface area contributed by atoms with E-state index in [2.05, 4.69) is 44.4 Å². The molecule has 0 bridgehead atoms. The van der Waals surface area contributed by atoms with Crippen molar-refractivity contribution < 1.29 is 4.79 Å². The van der Waals surface area contributed by atoms with Gasteiger partial charge in [-0.05, 0) is 64.1 Å². The van der Waals surface area contributed by atoms with Crippen molar-refractivity contribution in [3.8, 4) is 5.69 Å². The molecule has 1 aliphatic rings. The van der Waals surface area contributed by atoms with E-state index in [1.54, 1.807) is 11.1 Å². The molecule has 9 heteroatoms. The quantitative estimate of drug-likeness (QED) is 0.398. The van der Waals surface area contributed by atoms with Crippen LogP contribution in [0.2, 0.25) is 0 Å². The van der Waals surface area contributed by atoms with E-state index in [-0.39, 0.29) is 18.0 Å². The number of hydrogen-bond acceptors (Lipinski definition) is 7. The van der Waals surface area contributed by atoms with Crippen molar-refractivity contribution in [2.24, 2.45) is 0 Å². The van der Waals surface area contributed by atoms with Gasteiger partial charge in [0.25, 0.3) is 0 Å². The molecule has 0 saturated heterocycles. The van der Waals surface area contributed by atoms with Crippen molar-refractivity contribution in [1.82, 2.24) is 19.7 Å². The Morgan fingerprint density at radius 2 is 1.75 bits per heavy atom. The van der Waals surface area contributed by atoms with Gasteiger partial charge in [0.05, 0.1) is 22.8 Å². The predicted molar refractivity (Wildman–Crippen MR) is 144 cm³/mol. The number of hydrogen-bond donors (Lipinski definition) is 2. The van der Waals surface area contributed by atoms with Crippen LogP contribution < -0.4 is 20.4 Å². The van der Waals surface area contributed by atoms with Crippen LogP contribution in [0, 0.1) is 6.92 Å². The van der Waals surface area contributed by atoms with Gasteiger partial charge in [0.15, 0.2) is 0 Å². The summed E-state index contributed by atoms with van der Waals surface area (Å²) in [7, 11) is 1.82. The molecule has 0 spiro atoms. The van der Waals surface area contributed by atoms with E-state index in [9.17, 15) is 4.79 Å². The van der Waals surface area contributed by atoms with E-state index in [1.165, 1.54) is 0 Å². The average Bonchev–Trinajstić information content (AvgIpc) is 3.23. The third kappa shape index (κ3) is 4.35. The Morgan fingerprint density at radius 3 is 2.50 bits per heavy atom. The third-order valence-corrected chi connectivity index (χ3v) is 6.28. The van der Waals surface area contributed by atoms with Crippen LogP contribution in [0.3, 0.4) is 0 Å². The molecular formula is C27H30N8O. The smallest absolute Gasteiger partial charge is 0.249 e. The molecule has 2 aromatic heterocycles. The molecule has 0 unspecified atom stereocenters. The highest BCUT2D eigenvalue weighted by Crippen LogP contribution is 2.39. The van der Waals surface area contributed by atoms with E-state index in [0.717, 1.165) is 34.3 Å². The second-order valence-electron chi connectivity index (χ2n) is 9.21. The monoisotopic (exact) mass is 482 g/mol. The molecule has 2 N–H and O–H groups in total. The van der Waals surface area contributed by atoms with Gasteiger partial charge in [-0.3, -0.25) is 4.79 Å². The number of anilines is 6. The van der Waals surface area contributed by atoms with Gasteiger partial charge >= 0.3 is 0 Å². The van der Waals surface area contributed by atoms with Crippen molar-refractivity contribution >= 4 is 40.6 Å². The number of amides is 1. The number of carbonyl (C=O) groups is 1. The largest absolute Gasteiger partial charge is 0.356 e. The zero-order valence-corrected chi connectivity index (χ0v) is 21.1. The highest BCUT2D eigenvalue weighted by molar-refractivity contribution is 6.05. The molecule has 0 radical (unpaired) electrons. The Kier molecular flexibility index (Phi) is 6.05. The zero-order chi connectivity index (χ0) is 25.4. The fourth-order valence-electron chi connectivity index (χ4n) is 4.65. The first kappa shape index (κ1) is 23.3. The summed E-state index contributed by atoms with van der Waals surface area (Å²) in [5.74, 6) is 2.01. The molecule has 4 aromatic rings. The van der Waals surface area contributed by atoms with E-state index >= 15 is 0 Å². The number of aryl methyl sites for hydroxylation is 1. The molecule has 0 fully saturated rings. The fourth-order valence-corrected chi connectivity index (χ4v) is 4.65. The van der Waals surface area contributed by atoms with Crippen LogP contribution in [0.4, 0.5) is 34.6 Å². The van der Waals surface area contributed by atoms with Gasteiger partial charge < -0.3 is 20.4 Å². The standard InChI is InChI=1S/C27H30N8O/c1-17(2)34-19(4)26(36)33(5)22-12-11-20(16-23(22)34)29-27-28-14-13-24(31-27)30-25-15-18(3)32-35(25)21-9-7-6-8-10-21/h6-17,19H,1-5H3,(H2,28,29,30,31)/t19-/m1/s1. The maximum atomic E-state index is 12.7. The molecule has 0 saturated carbocycles. The van der Waals surface area contributed by atoms with Gasteiger partial charge in [-0.1, -0.05) is 18.2 Å². The lowest BCUT2D eigenvalue weighted by atomic mass is 10.0. The van der Waals surface area contributed by atoms with Crippen LogP contribution in [-0.4, -0.2) is 44.8 Å². The van der Waals surface area contributed by atoms with Crippen molar-refractivity contribution in [2.45, 2.75) is 39.8 Å². The first-order chi connectivity index (χ1) is 17.3. The number of carbonyl (C=O) groups excluding carboxylic acids is 1. The number of rotatable bonds is 6. The molecular weight excluding hydrogens is 452 g/mol. The zero-order valence-electron chi connectivity index (χ0n) is 21.1. The molecule has 3 heterocycles. The van der Waals surface area contributed by atoms with Crippen molar-refractivity contribution in [3.05, 3.63) is 72.6 Å². The Labute approximate surface area is 210 Å². The summed E-state index contributed by atoms with van der Waals surface area (Å²) in [4.78, 5) is 25.7. The summed E-state index contributed by atoms with van der Waals surface area (Å²) in [6, 6.07) is 19.6. The molecule has 36 heavy (non-hydrogen) atoms. The number of benzene rings is 2. The van der Waals surface area contributed by atoms with Gasteiger partial charge in [0.2, 0.25) is 11.9 Å². The van der Waals surface area contributed by atoms with Crippen LogP contribution in [0.1, 0.15) is 26.5 Å².